The summed E-state index contributed by atoms with van der Waals surface area (Å²) in [4.78, 5) is 22.8. The average Bonchev–Trinajstić information content (AvgIpc) is 3.15. The molecule has 1 aromatic heterocycles. The van der Waals surface area contributed by atoms with Crippen LogP contribution in [0.4, 0.5) is 30.7 Å². The van der Waals surface area contributed by atoms with Crippen LogP contribution in [-0.4, -0.2) is 50.9 Å². The van der Waals surface area contributed by atoms with Crippen LogP contribution >= 0.6 is 0 Å². The molecule has 1 N–H and O–H groups in total. The molecule has 2 aromatic carbocycles. The summed E-state index contributed by atoms with van der Waals surface area (Å²) in [6, 6.07) is 6.18. The van der Waals surface area contributed by atoms with Gasteiger partial charge in [-0.15, -0.1) is 0 Å². The molecule has 1 fully saturated rings. The largest absolute Gasteiger partial charge is 0.417 e. The summed E-state index contributed by atoms with van der Waals surface area (Å²) in [7, 11) is -10.9. The lowest BCUT2D eigenvalue weighted by atomic mass is 9.98. The van der Waals surface area contributed by atoms with Crippen molar-refractivity contribution < 1.29 is 60.7 Å². The van der Waals surface area contributed by atoms with Gasteiger partial charge >= 0.3 is 18.0 Å². The Labute approximate surface area is 243 Å². The van der Waals surface area contributed by atoms with Crippen LogP contribution in [0.15, 0.2) is 80.2 Å². The predicted molar refractivity (Wildman–Crippen MR) is 133 cm³/mol. The molecular formula is C24H19F7N2O9S2. The summed E-state index contributed by atoms with van der Waals surface area (Å²) in [5.41, 5.74) is -8.79. The number of H-pyrrole nitrogens is 1. The molecule has 0 bridgehead atoms. The second kappa shape index (κ2) is 11.4. The highest BCUT2D eigenvalue weighted by molar-refractivity contribution is 7.87. The molecule has 1 aliphatic rings. The maximum atomic E-state index is 16.4. The van der Waals surface area contributed by atoms with E-state index in [1.165, 1.54) is 0 Å². The third-order valence-corrected chi connectivity index (χ3v) is 9.02. The Balaban J connectivity index is 1.76. The van der Waals surface area contributed by atoms with Crippen molar-refractivity contribution in [3.8, 4) is 0 Å². The van der Waals surface area contributed by atoms with E-state index in [1.54, 1.807) is 4.98 Å². The number of alkyl halides is 7. The molecule has 1 unspecified atom stereocenters. The number of ether oxygens (including phenoxy) is 1. The first kappa shape index (κ1) is 33.3. The summed E-state index contributed by atoms with van der Waals surface area (Å²) < 4.78 is 164. The van der Waals surface area contributed by atoms with E-state index in [4.69, 9.17) is 8.92 Å². The molecule has 11 nitrogen and oxygen atoms in total. The SMILES string of the molecule is C[C@@]1(F)[C@H](OS(=O)(=O)c2ccccc2C(F)(F)F)C(COS(=O)(=O)c2ccccc2C(F)(F)F)O[C@H]1n1ccc(=O)[nH]c1=O. The first-order valence-corrected chi connectivity index (χ1v) is 14.8. The minimum Gasteiger partial charge on any atom is -0.346 e. The Morgan fingerprint density at radius 2 is 1.36 bits per heavy atom. The van der Waals surface area contributed by atoms with Crippen LogP contribution < -0.4 is 11.2 Å². The number of nitrogens with one attached hydrogen (secondary N) is 1. The predicted octanol–water partition coefficient (Wildman–Crippen LogP) is 3.38. The lowest BCUT2D eigenvalue weighted by Gasteiger charge is -2.27. The third kappa shape index (κ3) is 6.58. The molecule has 0 saturated carbocycles. The number of nitrogens with zero attached hydrogens (tertiary/aromatic N) is 1. The van der Waals surface area contributed by atoms with Crippen molar-refractivity contribution in [2.45, 2.75) is 53.2 Å². The van der Waals surface area contributed by atoms with Crippen molar-refractivity contribution in [2.24, 2.45) is 0 Å². The Morgan fingerprint density at radius 3 is 1.86 bits per heavy atom. The van der Waals surface area contributed by atoms with E-state index >= 15 is 4.39 Å². The van der Waals surface area contributed by atoms with Crippen molar-refractivity contribution in [3.05, 3.63) is 92.8 Å². The number of aromatic amines is 1. The van der Waals surface area contributed by atoms with Crippen LogP contribution in [0.25, 0.3) is 0 Å². The molecule has 0 amide bonds. The van der Waals surface area contributed by atoms with Crippen molar-refractivity contribution in [3.63, 3.8) is 0 Å². The fraction of sp³-hybridized carbons (Fsp3) is 0.333. The smallest absolute Gasteiger partial charge is 0.346 e. The molecular weight excluding hydrogens is 657 g/mol. The molecule has 4 rings (SSSR count). The minimum absolute atomic E-state index is 0.393. The van der Waals surface area contributed by atoms with Gasteiger partial charge in [0.2, 0.25) is 0 Å². The minimum atomic E-state index is -5.55. The molecule has 44 heavy (non-hydrogen) atoms. The van der Waals surface area contributed by atoms with E-state index < -0.39 is 95.5 Å². The average molecular weight is 677 g/mol. The maximum absolute atomic E-state index is 16.4. The molecule has 3 aromatic rings. The van der Waals surface area contributed by atoms with Gasteiger partial charge in [-0.2, -0.15) is 43.2 Å². The summed E-state index contributed by atoms with van der Waals surface area (Å²) in [5.74, 6) is 0. The van der Waals surface area contributed by atoms with Gasteiger partial charge in [0.25, 0.3) is 25.8 Å². The van der Waals surface area contributed by atoms with E-state index in [2.05, 4.69) is 4.18 Å². The molecule has 0 spiro atoms. The Hall–Kier alpha value is -3.59. The normalized spacial score (nSPS) is 23.1. The van der Waals surface area contributed by atoms with Crippen molar-refractivity contribution in [2.75, 3.05) is 6.61 Å². The summed E-state index contributed by atoms with van der Waals surface area (Å²) in [6.45, 7) is -0.845. The molecule has 4 atom stereocenters. The molecule has 1 aliphatic heterocycles. The molecule has 1 saturated heterocycles. The standard InChI is InChI=1S/C24H19F7N2O9S2/c1-22(25)19(42-44(38,39)17-9-5-3-7-14(17)24(29,30)31)15(41-20(22)33-11-10-18(34)32-21(33)35)12-40-43(36,37)16-8-4-2-6-13(16)23(26,27)28/h2-11,15,19-20H,12H2,1H3,(H,32,34,35)/t15?,19-,20-,22-/m1/s1. The van der Waals surface area contributed by atoms with Gasteiger partial charge in [-0.3, -0.25) is 22.7 Å². The maximum Gasteiger partial charge on any atom is 0.417 e. The number of aromatic nitrogens is 2. The monoisotopic (exact) mass is 676 g/mol. The lowest BCUT2D eigenvalue weighted by Crippen LogP contribution is -2.46. The van der Waals surface area contributed by atoms with Crippen molar-refractivity contribution >= 4 is 20.2 Å². The van der Waals surface area contributed by atoms with E-state index in [0.29, 0.717) is 42.0 Å². The van der Waals surface area contributed by atoms with Crippen LogP contribution in [0.5, 0.6) is 0 Å². The van der Waals surface area contributed by atoms with Gasteiger partial charge in [-0.1, -0.05) is 24.3 Å². The molecule has 240 valence electrons. The van der Waals surface area contributed by atoms with Gasteiger partial charge < -0.3 is 4.74 Å². The number of halogens is 7. The zero-order valence-electron chi connectivity index (χ0n) is 21.8. The Morgan fingerprint density at radius 1 is 0.864 bits per heavy atom. The molecule has 0 radical (unpaired) electrons. The number of hydrogen-bond donors (Lipinski definition) is 1. The summed E-state index contributed by atoms with van der Waals surface area (Å²) in [6.07, 6.45) is -16.7. The van der Waals surface area contributed by atoms with Crippen LogP contribution in [-0.2, 0) is 45.7 Å². The second-order valence-electron chi connectivity index (χ2n) is 9.39. The number of rotatable bonds is 8. The van der Waals surface area contributed by atoms with Crippen molar-refractivity contribution in [1.29, 1.82) is 0 Å². The van der Waals surface area contributed by atoms with Crippen LogP contribution in [0, 0.1) is 0 Å². The highest BCUT2D eigenvalue weighted by atomic mass is 32.2. The Kier molecular flexibility index (Phi) is 8.63. The zero-order valence-corrected chi connectivity index (χ0v) is 23.4. The number of hydrogen-bond acceptors (Lipinski definition) is 9. The molecule has 0 aliphatic carbocycles. The molecule has 20 heteroatoms. The van der Waals surface area contributed by atoms with E-state index in [1.807, 2.05) is 0 Å². The van der Waals surface area contributed by atoms with Gasteiger partial charge in [-0.25, -0.2) is 9.18 Å². The topological polar surface area (TPSA) is 151 Å². The molecule has 2 heterocycles. The van der Waals surface area contributed by atoms with Crippen LogP contribution in [0.1, 0.15) is 24.3 Å². The highest BCUT2D eigenvalue weighted by Crippen LogP contribution is 2.45. The third-order valence-electron chi connectivity index (χ3n) is 6.33. The Bertz CT molecular complexity index is 1890. The second-order valence-corrected chi connectivity index (χ2v) is 12.5. The fourth-order valence-corrected chi connectivity index (χ4v) is 6.88. The van der Waals surface area contributed by atoms with Gasteiger partial charge in [0.15, 0.2) is 11.9 Å². The first-order valence-electron chi connectivity index (χ1n) is 12.0. The quantitative estimate of drug-likeness (QED) is 0.280. The first-order chi connectivity index (χ1) is 20.2. The zero-order chi connectivity index (χ0) is 32.9. The van der Waals surface area contributed by atoms with Crippen LogP contribution in [0.3, 0.4) is 0 Å². The van der Waals surface area contributed by atoms with Gasteiger partial charge in [0.05, 0.1) is 17.7 Å². The lowest BCUT2D eigenvalue weighted by molar-refractivity contribution is -0.140. The van der Waals surface area contributed by atoms with E-state index in [0.717, 1.165) is 30.3 Å². The van der Waals surface area contributed by atoms with E-state index in [-0.39, 0.29) is 0 Å². The van der Waals surface area contributed by atoms with Crippen molar-refractivity contribution in [1.82, 2.24) is 9.55 Å². The van der Waals surface area contributed by atoms with Gasteiger partial charge in [-0.05, 0) is 31.2 Å². The van der Waals surface area contributed by atoms with Crippen LogP contribution in [0.2, 0.25) is 0 Å². The summed E-state index contributed by atoms with van der Waals surface area (Å²) >= 11 is 0. The van der Waals surface area contributed by atoms with E-state index in [9.17, 15) is 52.8 Å². The summed E-state index contributed by atoms with van der Waals surface area (Å²) in [5, 5.41) is 0. The number of benzene rings is 2. The van der Waals surface area contributed by atoms with Gasteiger partial charge in [0, 0.05) is 12.3 Å². The van der Waals surface area contributed by atoms with Gasteiger partial charge in [0.1, 0.15) is 22.0 Å². The fourth-order valence-electron chi connectivity index (χ4n) is 4.35. The highest BCUT2D eigenvalue weighted by Gasteiger charge is 2.59.